The summed E-state index contributed by atoms with van der Waals surface area (Å²) in [6.45, 7) is -0.994. The van der Waals surface area contributed by atoms with E-state index in [1.807, 2.05) is 12.1 Å². The standard InChI is InChI=1S/C21H22N2O5S/c24-17(16-8-7-14-4-1-2-5-15(14)10-16)13-28-20(26)12-22-19(25)11-23-21(27)18-6-3-9-29-18/h3,6-10H,1-2,4-5,11-13H2,(H,22,25)(H,23,27). The predicted octanol–water partition coefficient (Wildman–Crippen LogP) is 1.90. The normalized spacial score (nSPS) is 12.6. The van der Waals surface area contributed by atoms with Crippen molar-refractivity contribution in [3.05, 3.63) is 57.3 Å². The summed E-state index contributed by atoms with van der Waals surface area (Å²) < 4.78 is 4.95. The molecule has 3 rings (SSSR count). The van der Waals surface area contributed by atoms with E-state index in [2.05, 4.69) is 10.6 Å². The predicted molar refractivity (Wildman–Crippen MR) is 108 cm³/mol. The molecule has 2 aromatic rings. The molecule has 1 heterocycles. The number of fused-ring (bicyclic) bond motifs is 1. The van der Waals surface area contributed by atoms with E-state index in [1.165, 1.54) is 28.9 Å². The van der Waals surface area contributed by atoms with Crippen molar-refractivity contribution in [2.24, 2.45) is 0 Å². The molecule has 0 bridgehead atoms. The highest BCUT2D eigenvalue weighted by atomic mass is 32.1. The number of thiophene rings is 1. The van der Waals surface area contributed by atoms with E-state index in [0.717, 1.165) is 19.3 Å². The van der Waals surface area contributed by atoms with Crippen LogP contribution in [0.1, 0.15) is 44.0 Å². The van der Waals surface area contributed by atoms with Crippen LogP contribution in [0.2, 0.25) is 0 Å². The number of ether oxygens (including phenoxy) is 1. The molecule has 1 aromatic carbocycles. The van der Waals surface area contributed by atoms with Gasteiger partial charge in [-0.1, -0.05) is 18.2 Å². The summed E-state index contributed by atoms with van der Waals surface area (Å²) in [5.74, 6) is -1.86. The van der Waals surface area contributed by atoms with E-state index in [0.29, 0.717) is 10.4 Å². The molecule has 7 nitrogen and oxygen atoms in total. The number of carbonyl (C=O) groups is 4. The molecule has 0 radical (unpaired) electrons. The fourth-order valence-electron chi connectivity index (χ4n) is 3.08. The van der Waals surface area contributed by atoms with Gasteiger partial charge in [0, 0.05) is 5.56 Å². The quantitative estimate of drug-likeness (QED) is 0.507. The average molecular weight is 414 g/mol. The smallest absolute Gasteiger partial charge is 0.325 e. The van der Waals surface area contributed by atoms with Crippen LogP contribution in [0.25, 0.3) is 0 Å². The van der Waals surface area contributed by atoms with Gasteiger partial charge in [0.1, 0.15) is 6.54 Å². The zero-order valence-electron chi connectivity index (χ0n) is 15.9. The second kappa shape index (κ2) is 9.97. The number of ketones is 1. The van der Waals surface area contributed by atoms with Crippen molar-refractivity contribution in [1.82, 2.24) is 10.6 Å². The van der Waals surface area contributed by atoms with Crippen LogP contribution in [0, 0.1) is 0 Å². The highest BCUT2D eigenvalue weighted by Crippen LogP contribution is 2.22. The van der Waals surface area contributed by atoms with E-state index in [4.69, 9.17) is 4.74 Å². The number of nitrogens with one attached hydrogen (secondary N) is 2. The van der Waals surface area contributed by atoms with Crippen molar-refractivity contribution < 1.29 is 23.9 Å². The Labute approximate surface area is 172 Å². The second-order valence-corrected chi connectivity index (χ2v) is 7.66. The molecule has 152 valence electrons. The second-order valence-electron chi connectivity index (χ2n) is 6.71. The maximum atomic E-state index is 12.3. The number of hydrogen-bond donors (Lipinski definition) is 2. The molecular weight excluding hydrogens is 392 g/mol. The van der Waals surface area contributed by atoms with Crippen LogP contribution < -0.4 is 10.6 Å². The van der Waals surface area contributed by atoms with Gasteiger partial charge >= 0.3 is 5.97 Å². The molecule has 2 amide bonds. The lowest BCUT2D eigenvalue weighted by atomic mass is 9.90. The number of esters is 1. The largest absolute Gasteiger partial charge is 0.456 e. The first kappa shape index (κ1) is 20.7. The van der Waals surface area contributed by atoms with Crippen molar-refractivity contribution in [1.29, 1.82) is 0 Å². The van der Waals surface area contributed by atoms with Crippen molar-refractivity contribution in [3.63, 3.8) is 0 Å². The summed E-state index contributed by atoms with van der Waals surface area (Å²) in [6, 6.07) is 8.99. The van der Waals surface area contributed by atoms with E-state index in [-0.39, 0.29) is 31.4 Å². The highest BCUT2D eigenvalue weighted by molar-refractivity contribution is 7.12. The van der Waals surface area contributed by atoms with Gasteiger partial charge < -0.3 is 15.4 Å². The first-order valence-electron chi connectivity index (χ1n) is 9.42. The van der Waals surface area contributed by atoms with Crippen molar-refractivity contribution in [2.75, 3.05) is 19.7 Å². The lowest BCUT2D eigenvalue weighted by molar-refractivity contribution is -0.142. The molecule has 0 fully saturated rings. The molecule has 2 N–H and O–H groups in total. The lowest BCUT2D eigenvalue weighted by Crippen LogP contribution is -2.39. The molecule has 0 spiro atoms. The number of hydrogen-bond acceptors (Lipinski definition) is 6. The third kappa shape index (κ3) is 5.99. The van der Waals surface area contributed by atoms with Gasteiger partial charge in [-0.05, 0) is 54.3 Å². The van der Waals surface area contributed by atoms with Crippen molar-refractivity contribution in [2.45, 2.75) is 25.7 Å². The number of Topliss-reactive ketones (excluding diaryl/α,β-unsaturated/α-hetero) is 1. The summed E-state index contributed by atoms with van der Waals surface area (Å²) in [5.41, 5.74) is 2.99. The minimum atomic E-state index is -0.714. The molecule has 0 unspecified atom stereocenters. The van der Waals surface area contributed by atoms with Gasteiger partial charge in [0.25, 0.3) is 5.91 Å². The SMILES string of the molecule is O=C(CNC(=O)c1cccs1)NCC(=O)OCC(=O)c1ccc2c(c1)CCCC2. The maximum Gasteiger partial charge on any atom is 0.325 e. The Morgan fingerprint density at radius 3 is 2.52 bits per heavy atom. The van der Waals surface area contributed by atoms with E-state index >= 15 is 0 Å². The zero-order valence-corrected chi connectivity index (χ0v) is 16.7. The van der Waals surface area contributed by atoms with Gasteiger partial charge in [-0.25, -0.2) is 0 Å². The van der Waals surface area contributed by atoms with Gasteiger partial charge in [-0.3, -0.25) is 19.2 Å². The minimum absolute atomic E-state index is 0.252. The molecule has 0 saturated carbocycles. The number of rotatable bonds is 8. The summed E-state index contributed by atoms with van der Waals surface area (Å²) >= 11 is 1.27. The highest BCUT2D eigenvalue weighted by Gasteiger charge is 2.15. The van der Waals surface area contributed by atoms with Crippen LogP contribution in [0.4, 0.5) is 0 Å². The Kier molecular flexibility index (Phi) is 7.13. The molecule has 0 atom stereocenters. The summed E-state index contributed by atoms with van der Waals surface area (Å²) in [4.78, 5) is 48.0. The number of amides is 2. The minimum Gasteiger partial charge on any atom is -0.456 e. The Hall–Kier alpha value is -3.00. The molecule has 1 aliphatic rings. The van der Waals surface area contributed by atoms with E-state index < -0.39 is 11.9 Å². The Morgan fingerprint density at radius 2 is 1.76 bits per heavy atom. The van der Waals surface area contributed by atoms with Crippen LogP contribution in [-0.4, -0.2) is 43.3 Å². The van der Waals surface area contributed by atoms with Crippen LogP contribution in [0.15, 0.2) is 35.7 Å². The van der Waals surface area contributed by atoms with Crippen molar-refractivity contribution in [3.8, 4) is 0 Å². The maximum absolute atomic E-state index is 12.3. The van der Waals surface area contributed by atoms with Crippen LogP contribution in [0.3, 0.4) is 0 Å². The Morgan fingerprint density at radius 1 is 0.966 bits per heavy atom. The molecule has 29 heavy (non-hydrogen) atoms. The van der Waals surface area contributed by atoms with Crippen molar-refractivity contribution >= 4 is 34.9 Å². The number of benzene rings is 1. The third-order valence-electron chi connectivity index (χ3n) is 4.62. The van der Waals surface area contributed by atoms with Gasteiger partial charge in [0.15, 0.2) is 12.4 Å². The van der Waals surface area contributed by atoms with E-state index in [9.17, 15) is 19.2 Å². The summed E-state index contributed by atoms with van der Waals surface area (Å²) in [6.07, 6.45) is 4.28. The van der Waals surface area contributed by atoms with Gasteiger partial charge in [-0.15, -0.1) is 11.3 Å². The molecule has 1 aromatic heterocycles. The lowest BCUT2D eigenvalue weighted by Gasteiger charge is -2.16. The monoisotopic (exact) mass is 414 g/mol. The third-order valence-corrected chi connectivity index (χ3v) is 5.49. The number of carbonyl (C=O) groups excluding carboxylic acids is 4. The topological polar surface area (TPSA) is 102 Å². The van der Waals surface area contributed by atoms with Crippen LogP contribution in [0.5, 0.6) is 0 Å². The fraction of sp³-hybridized carbons (Fsp3) is 0.333. The first-order chi connectivity index (χ1) is 14.0. The first-order valence-corrected chi connectivity index (χ1v) is 10.3. The molecule has 0 aliphatic heterocycles. The molecule has 8 heteroatoms. The number of aryl methyl sites for hydroxylation is 2. The van der Waals surface area contributed by atoms with Gasteiger partial charge in [-0.2, -0.15) is 0 Å². The molecular formula is C21H22N2O5S. The van der Waals surface area contributed by atoms with Crippen LogP contribution in [-0.2, 0) is 27.2 Å². The molecule has 0 saturated heterocycles. The van der Waals surface area contributed by atoms with Crippen LogP contribution >= 0.6 is 11.3 Å². The van der Waals surface area contributed by atoms with Gasteiger partial charge in [0.05, 0.1) is 11.4 Å². The zero-order chi connectivity index (χ0) is 20.6. The van der Waals surface area contributed by atoms with Gasteiger partial charge in [0.2, 0.25) is 5.91 Å². The summed E-state index contributed by atoms with van der Waals surface area (Å²) in [5, 5.41) is 6.57. The Balaban J connectivity index is 1.36. The fourth-order valence-corrected chi connectivity index (χ4v) is 3.72. The summed E-state index contributed by atoms with van der Waals surface area (Å²) in [7, 11) is 0. The van der Waals surface area contributed by atoms with E-state index in [1.54, 1.807) is 23.6 Å². The molecule has 1 aliphatic carbocycles. The average Bonchev–Trinajstić information content (AvgIpc) is 3.29. The Bertz CT molecular complexity index is 908.